The third kappa shape index (κ3) is 4.04. The highest BCUT2D eigenvalue weighted by Crippen LogP contribution is 2.18. The number of nitrogens with one attached hydrogen (secondary N) is 2. The second kappa shape index (κ2) is 7.50. The maximum absolute atomic E-state index is 13.3. The summed E-state index contributed by atoms with van der Waals surface area (Å²) in [6.45, 7) is 5.36. The van der Waals surface area contributed by atoms with E-state index in [1.54, 1.807) is 31.2 Å². The van der Waals surface area contributed by atoms with Gasteiger partial charge in [-0.05, 0) is 36.8 Å². The molecule has 0 saturated heterocycles. The summed E-state index contributed by atoms with van der Waals surface area (Å²) in [6, 6.07) is 9.96. The van der Waals surface area contributed by atoms with Crippen LogP contribution < -0.4 is 10.6 Å². The zero-order valence-electron chi connectivity index (χ0n) is 13.5. The summed E-state index contributed by atoms with van der Waals surface area (Å²) >= 11 is 0. The van der Waals surface area contributed by atoms with Crippen LogP contribution in [0, 0.1) is 5.82 Å². The molecule has 0 bridgehead atoms. The molecule has 6 heteroatoms. The minimum absolute atomic E-state index is 0.131. The molecule has 0 aliphatic carbocycles. The lowest BCUT2D eigenvalue weighted by molar-refractivity contribution is -0.121. The van der Waals surface area contributed by atoms with E-state index in [2.05, 4.69) is 22.2 Å². The van der Waals surface area contributed by atoms with Crippen molar-refractivity contribution in [2.24, 2.45) is 0 Å². The number of nitrogens with zero attached hydrogens (tertiary/aromatic N) is 1. The zero-order valence-corrected chi connectivity index (χ0v) is 13.5. The minimum atomic E-state index is -0.845. The molecule has 2 amide bonds. The van der Waals surface area contributed by atoms with E-state index >= 15 is 0 Å². The molecule has 1 atom stereocenters. The van der Waals surface area contributed by atoms with Gasteiger partial charge in [-0.15, -0.1) is 0 Å². The molecule has 124 valence electrons. The van der Waals surface area contributed by atoms with E-state index in [1.807, 2.05) is 0 Å². The van der Waals surface area contributed by atoms with Crippen LogP contribution in [0.15, 0.2) is 54.6 Å². The van der Waals surface area contributed by atoms with E-state index in [4.69, 9.17) is 0 Å². The first-order chi connectivity index (χ1) is 11.4. The maximum Gasteiger partial charge on any atom is 0.270 e. The van der Waals surface area contributed by atoms with Gasteiger partial charge in [-0.3, -0.25) is 9.59 Å². The monoisotopic (exact) mass is 327 g/mol. The van der Waals surface area contributed by atoms with E-state index in [9.17, 15) is 14.0 Å². The summed E-state index contributed by atoms with van der Waals surface area (Å²) in [5, 5.41) is 5.06. The minimum Gasteiger partial charge on any atom is -0.357 e. The largest absolute Gasteiger partial charge is 0.357 e. The quantitative estimate of drug-likeness (QED) is 0.828. The van der Waals surface area contributed by atoms with Gasteiger partial charge in [0.1, 0.15) is 17.6 Å². The van der Waals surface area contributed by atoms with Crippen LogP contribution in [0.3, 0.4) is 0 Å². The van der Waals surface area contributed by atoms with E-state index in [0.29, 0.717) is 16.8 Å². The molecule has 24 heavy (non-hydrogen) atoms. The SMILES string of the molecule is C=C(C)[C@H](NC(=O)c1cccc(-c2cccc(F)c2)n1)C(=O)NC. The van der Waals surface area contributed by atoms with Crippen LogP contribution in [0.4, 0.5) is 4.39 Å². The fourth-order valence-corrected chi connectivity index (χ4v) is 2.13. The molecule has 0 aliphatic heterocycles. The third-order valence-electron chi connectivity index (χ3n) is 3.38. The summed E-state index contributed by atoms with van der Waals surface area (Å²) in [4.78, 5) is 28.4. The van der Waals surface area contributed by atoms with Crippen molar-refractivity contribution < 1.29 is 14.0 Å². The highest BCUT2D eigenvalue weighted by Gasteiger charge is 2.21. The normalized spacial score (nSPS) is 11.5. The van der Waals surface area contributed by atoms with E-state index in [-0.39, 0.29) is 17.4 Å². The van der Waals surface area contributed by atoms with Crippen LogP contribution >= 0.6 is 0 Å². The molecule has 0 radical (unpaired) electrons. The van der Waals surface area contributed by atoms with Crippen molar-refractivity contribution in [2.45, 2.75) is 13.0 Å². The number of halogens is 1. The summed E-state index contributed by atoms with van der Waals surface area (Å²) < 4.78 is 13.3. The standard InChI is InChI=1S/C18H18FN3O2/c1-11(2)16(18(24)20-3)22-17(23)15-9-5-8-14(21-15)12-6-4-7-13(19)10-12/h4-10,16H,1H2,2-3H3,(H,20,24)(H,22,23)/t16-/m0/s1. The van der Waals surface area contributed by atoms with E-state index in [1.165, 1.54) is 25.2 Å². The molecule has 2 aromatic rings. The molecule has 0 saturated carbocycles. The van der Waals surface area contributed by atoms with Crippen molar-refractivity contribution in [3.63, 3.8) is 0 Å². The number of likely N-dealkylation sites (N-methyl/N-ethyl adjacent to an activating group) is 1. The van der Waals surface area contributed by atoms with Crippen molar-refractivity contribution in [3.05, 3.63) is 66.1 Å². The molecule has 1 aromatic heterocycles. The van der Waals surface area contributed by atoms with Gasteiger partial charge in [0.25, 0.3) is 5.91 Å². The Kier molecular flexibility index (Phi) is 5.42. The Morgan fingerprint density at radius 3 is 2.54 bits per heavy atom. The number of amides is 2. The van der Waals surface area contributed by atoms with E-state index < -0.39 is 11.9 Å². The Hall–Kier alpha value is -3.02. The molecule has 2 N–H and O–H groups in total. The number of pyridine rings is 1. The molecule has 1 aromatic carbocycles. The van der Waals surface area contributed by atoms with Crippen molar-refractivity contribution in [2.75, 3.05) is 7.05 Å². The van der Waals surface area contributed by atoms with Gasteiger partial charge in [-0.2, -0.15) is 0 Å². The Labute approximate surface area is 139 Å². The molecule has 0 fully saturated rings. The lowest BCUT2D eigenvalue weighted by Crippen LogP contribution is -2.46. The maximum atomic E-state index is 13.3. The van der Waals surface area contributed by atoms with Crippen LogP contribution in [0.1, 0.15) is 17.4 Å². The average molecular weight is 327 g/mol. The Bertz CT molecular complexity index is 789. The topological polar surface area (TPSA) is 71.1 Å². The first-order valence-corrected chi connectivity index (χ1v) is 7.33. The molecule has 1 heterocycles. The van der Waals surface area contributed by atoms with Gasteiger partial charge in [0.05, 0.1) is 5.69 Å². The number of carbonyl (C=O) groups is 2. The van der Waals surface area contributed by atoms with Crippen LogP contribution in [0.5, 0.6) is 0 Å². The van der Waals surface area contributed by atoms with Gasteiger partial charge in [-0.1, -0.05) is 24.8 Å². The number of carbonyl (C=O) groups excluding carboxylic acids is 2. The second-order valence-electron chi connectivity index (χ2n) is 5.29. The lowest BCUT2D eigenvalue weighted by Gasteiger charge is -2.17. The van der Waals surface area contributed by atoms with E-state index in [0.717, 1.165) is 0 Å². The Morgan fingerprint density at radius 1 is 1.21 bits per heavy atom. The number of rotatable bonds is 5. The van der Waals surface area contributed by atoms with Gasteiger partial charge in [0.2, 0.25) is 5.91 Å². The van der Waals surface area contributed by atoms with Gasteiger partial charge < -0.3 is 10.6 Å². The lowest BCUT2D eigenvalue weighted by atomic mass is 10.1. The summed E-state index contributed by atoms with van der Waals surface area (Å²) in [5.74, 6) is -1.26. The number of hydrogen-bond acceptors (Lipinski definition) is 3. The fraction of sp³-hybridized carbons (Fsp3) is 0.167. The van der Waals surface area contributed by atoms with Crippen LogP contribution in [0.25, 0.3) is 11.3 Å². The smallest absolute Gasteiger partial charge is 0.270 e. The predicted molar refractivity (Wildman–Crippen MR) is 89.8 cm³/mol. The van der Waals surface area contributed by atoms with Gasteiger partial charge in [0, 0.05) is 12.6 Å². The highest BCUT2D eigenvalue weighted by atomic mass is 19.1. The van der Waals surface area contributed by atoms with Crippen LogP contribution in [-0.4, -0.2) is 29.9 Å². The van der Waals surface area contributed by atoms with Crippen molar-refractivity contribution in [1.82, 2.24) is 15.6 Å². The third-order valence-corrected chi connectivity index (χ3v) is 3.38. The molecule has 0 aliphatic rings. The molecule has 2 rings (SSSR count). The second-order valence-corrected chi connectivity index (χ2v) is 5.29. The summed E-state index contributed by atoms with van der Waals surface area (Å²) in [7, 11) is 1.48. The molecule has 0 unspecified atom stereocenters. The van der Waals surface area contributed by atoms with Gasteiger partial charge in [0.15, 0.2) is 0 Å². The number of hydrogen-bond donors (Lipinski definition) is 2. The van der Waals surface area contributed by atoms with Crippen molar-refractivity contribution in [1.29, 1.82) is 0 Å². The number of benzene rings is 1. The van der Waals surface area contributed by atoms with Crippen molar-refractivity contribution >= 4 is 11.8 Å². The number of aromatic nitrogens is 1. The van der Waals surface area contributed by atoms with Crippen LogP contribution in [-0.2, 0) is 4.79 Å². The molecular formula is C18H18FN3O2. The zero-order chi connectivity index (χ0) is 17.7. The first-order valence-electron chi connectivity index (χ1n) is 7.33. The molecule has 0 spiro atoms. The first kappa shape index (κ1) is 17.3. The molecular weight excluding hydrogens is 309 g/mol. The summed E-state index contributed by atoms with van der Waals surface area (Å²) in [6.07, 6.45) is 0. The van der Waals surface area contributed by atoms with Gasteiger partial charge in [-0.25, -0.2) is 9.37 Å². The van der Waals surface area contributed by atoms with Crippen LogP contribution in [0.2, 0.25) is 0 Å². The van der Waals surface area contributed by atoms with Gasteiger partial charge >= 0.3 is 0 Å². The summed E-state index contributed by atoms with van der Waals surface area (Å²) in [5.41, 5.74) is 1.66. The Balaban J connectivity index is 2.26. The fourth-order valence-electron chi connectivity index (χ4n) is 2.13. The van der Waals surface area contributed by atoms with Crippen molar-refractivity contribution in [3.8, 4) is 11.3 Å². The Morgan fingerprint density at radius 2 is 1.92 bits per heavy atom. The predicted octanol–water partition coefficient (Wildman–Crippen LogP) is 2.31. The highest BCUT2D eigenvalue weighted by molar-refractivity contribution is 5.97. The average Bonchev–Trinajstić information content (AvgIpc) is 2.58. The molecule has 5 nitrogen and oxygen atoms in total.